The van der Waals surface area contributed by atoms with Gasteiger partial charge >= 0.3 is 0 Å². The highest BCUT2D eigenvalue weighted by Gasteiger charge is 2.36. The second-order valence-electron chi connectivity index (χ2n) is 12.1. The van der Waals surface area contributed by atoms with Crippen molar-refractivity contribution in [3.8, 4) is 16.8 Å². The predicted octanol–water partition coefficient (Wildman–Crippen LogP) is 11.6. The molecular weight excluding hydrogens is 563 g/mol. The Morgan fingerprint density at radius 1 is 0.535 bits per heavy atom. The average Bonchev–Trinajstić information content (AvgIpc) is 3.64. The topological polar surface area (TPSA) is 18.1 Å². The van der Waals surface area contributed by atoms with Crippen molar-refractivity contribution in [3.63, 3.8) is 0 Å². The molecule has 0 radical (unpaired) electrons. The van der Waals surface area contributed by atoms with E-state index >= 15 is 0 Å². The highest BCUT2D eigenvalue weighted by atomic mass is 32.2. The van der Waals surface area contributed by atoms with Gasteiger partial charge in [-0.25, -0.2) is 0 Å². The molecule has 0 unspecified atom stereocenters. The molecule has 0 spiro atoms. The summed E-state index contributed by atoms with van der Waals surface area (Å²) in [6.07, 6.45) is 0. The van der Waals surface area contributed by atoms with Gasteiger partial charge < -0.3 is 8.98 Å². The lowest BCUT2D eigenvalue weighted by Gasteiger charge is -2.21. The molecule has 43 heavy (non-hydrogen) atoms. The quantitative estimate of drug-likeness (QED) is 0.190. The van der Waals surface area contributed by atoms with Crippen LogP contribution in [0.5, 0.6) is 0 Å². The smallest absolute Gasteiger partial charge is 0.159 e. The van der Waals surface area contributed by atoms with Crippen LogP contribution >= 0.6 is 23.5 Å². The third-order valence-corrected chi connectivity index (χ3v) is 12.0. The van der Waals surface area contributed by atoms with Gasteiger partial charge in [0.1, 0.15) is 5.58 Å². The number of para-hydroxylation sites is 2. The van der Waals surface area contributed by atoms with Crippen molar-refractivity contribution < 1.29 is 4.42 Å². The lowest BCUT2D eigenvalue weighted by Crippen LogP contribution is -2.14. The third-order valence-electron chi connectivity index (χ3n) is 9.45. The first-order valence-electron chi connectivity index (χ1n) is 14.7. The zero-order chi connectivity index (χ0) is 28.4. The van der Waals surface area contributed by atoms with Gasteiger partial charge in [0, 0.05) is 46.5 Å². The van der Waals surface area contributed by atoms with Crippen LogP contribution in [-0.2, 0) is 5.41 Å². The highest BCUT2D eigenvalue weighted by Crippen LogP contribution is 2.54. The lowest BCUT2D eigenvalue weighted by molar-refractivity contribution is 0.660. The molecule has 3 heterocycles. The van der Waals surface area contributed by atoms with E-state index in [9.17, 15) is 0 Å². The van der Waals surface area contributed by atoms with Crippen LogP contribution in [0.1, 0.15) is 25.0 Å². The highest BCUT2D eigenvalue weighted by molar-refractivity contribution is 8.05. The summed E-state index contributed by atoms with van der Waals surface area (Å²) in [7, 11) is 0. The molecule has 0 saturated carbocycles. The number of hydrogen-bond donors (Lipinski definition) is 0. The first-order chi connectivity index (χ1) is 21.1. The zero-order valence-electron chi connectivity index (χ0n) is 23.6. The molecule has 1 aliphatic heterocycles. The lowest BCUT2D eigenvalue weighted by atomic mass is 9.82. The second kappa shape index (κ2) is 8.37. The van der Waals surface area contributed by atoms with Crippen molar-refractivity contribution in [2.45, 2.75) is 38.8 Å². The van der Waals surface area contributed by atoms with Gasteiger partial charge in [0.15, 0.2) is 5.58 Å². The molecule has 4 heteroatoms. The van der Waals surface area contributed by atoms with E-state index in [1.165, 1.54) is 63.6 Å². The van der Waals surface area contributed by atoms with Gasteiger partial charge in [0.05, 0.1) is 16.7 Å². The van der Waals surface area contributed by atoms with Crippen LogP contribution in [0.4, 0.5) is 0 Å². The fourth-order valence-electron chi connectivity index (χ4n) is 7.40. The van der Waals surface area contributed by atoms with Crippen LogP contribution < -0.4 is 0 Å². The van der Waals surface area contributed by atoms with Crippen LogP contribution in [0.2, 0.25) is 0 Å². The van der Waals surface area contributed by atoms with Gasteiger partial charge in [-0.3, -0.25) is 0 Å². The number of benzene rings is 6. The average molecular weight is 588 g/mol. The molecule has 10 rings (SSSR count). The van der Waals surface area contributed by atoms with Crippen molar-refractivity contribution in [2.75, 3.05) is 0 Å². The normalized spacial score (nSPS) is 14.7. The van der Waals surface area contributed by atoms with Crippen molar-refractivity contribution in [2.24, 2.45) is 0 Å². The maximum atomic E-state index is 6.62. The van der Waals surface area contributed by atoms with Gasteiger partial charge in [-0.15, -0.1) is 0 Å². The Morgan fingerprint density at radius 2 is 1.21 bits per heavy atom. The molecule has 8 aromatic rings. The largest absolute Gasteiger partial charge is 0.454 e. The van der Waals surface area contributed by atoms with Crippen molar-refractivity contribution in [1.29, 1.82) is 0 Å². The molecule has 0 fully saturated rings. The predicted molar refractivity (Wildman–Crippen MR) is 180 cm³/mol. The fraction of sp³-hybridized carbons (Fsp3) is 0.0769. The number of rotatable bonds is 1. The van der Waals surface area contributed by atoms with Gasteiger partial charge in [-0.05, 0) is 70.8 Å². The standard InChI is InChI=1S/C39H25NOS2/c1-39(2)28-13-5-3-10-22(28)25-18-26-27-19-36-37(43-35-17-8-7-16-34(35)42-36)21-32(27)40(31(26)20-29(25)39)30-14-9-12-24-23-11-4-6-15-33(23)41-38(24)30/h3-21H,1-2H3. The summed E-state index contributed by atoms with van der Waals surface area (Å²) in [5.74, 6) is 0. The maximum absolute atomic E-state index is 6.62. The number of fused-ring (bicyclic) bond motifs is 11. The molecule has 2 aromatic heterocycles. The Kier molecular flexibility index (Phi) is 4.69. The van der Waals surface area contributed by atoms with E-state index in [4.69, 9.17) is 4.42 Å². The second-order valence-corrected chi connectivity index (χ2v) is 14.3. The van der Waals surface area contributed by atoms with Crippen LogP contribution in [0.25, 0.3) is 60.6 Å². The number of furan rings is 1. The summed E-state index contributed by atoms with van der Waals surface area (Å²) >= 11 is 3.76. The first-order valence-corrected chi connectivity index (χ1v) is 16.3. The summed E-state index contributed by atoms with van der Waals surface area (Å²) in [6.45, 7) is 4.72. The molecule has 0 saturated heterocycles. The van der Waals surface area contributed by atoms with Crippen LogP contribution in [0.3, 0.4) is 0 Å². The van der Waals surface area contributed by atoms with Gasteiger partial charge in [0.25, 0.3) is 0 Å². The van der Waals surface area contributed by atoms with Gasteiger partial charge in [-0.2, -0.15) is 0 Å². The SMILES string of the molecule is CC1(C)c2ccccc2-c2cc3c4cc5c(cc4n(-c4cccc6c4oc4ccccc46)c3cc21)Sc1ccccc1S5. The monoisotopic (exact) mass is 587 g/mol. The van der Waals surface area contributed by atoms with E-state index in [-0.39, 0.29) is 5.41 Å². The molecule has 0 N–H and O–H groups in total. The number of nitrogens with zero attached hydrogens (tertiary/aromatic N) is 1. The Bertz CT molecular complexity index is 2500. The molecule has 204 valence electrons. The van der Waals surface area contributed by atoms with E-state index in [1.807, 2.05) is 29.6 Å². The van der Waals surface area contributed by atoms with Crippen LogP contribution in [0.15, 0.2) is 139 Å². The summed E-state index contributed by atoms with van der Waals surface area (Å²) in [6, 6.07) is 42.3. The number of hydrogen-bond acceptors (Lipinski definition) is 3. The summed E-state index contributed by atoms with van der Waals surface area (Å²) in [4.78, 5) is 5.26. The van der Waals surface area contributed by atoms with E-state index in [1.54, 1.807) is 0 Å². The van der Waals surface area contributed by atoms with Crippen molar-refractivity contribution in [3.05, 3.63) is 126 Å². The fourth-order valence-corrected chi connectivity index (χ4v) is 9.67. The minimum atomic E-state index is -0.0840. The number of aromatic nitrogens is 1. The molecule has 0 bridgehead atoms. The Morgan fingerprint density at radius 3 is 2.07 bits per heavy atom. The van der Waals surface area contributed by atoms with Crippen LogP contribution in [-0.4, -0.2) is 4.57 Å². The Labute approximate surface area is 257 Å². The van der Waals surface area contributed by atoms with Gasteiger partial charge in [-0.1, -0.05) is 104 Å². The summed E-state index contributed by atoms with van der Waals surface area (Å²) in [5.41, 5.74) is 10.7. The van der Waals surface area contributed by atoms with Crippen molar-refractivity contribution >= 4 is 67.3 Å². The minimum Gasteiger partial charge on any atom is -0.454 e. The molecule has 2 nitrogen and oxygen atoms in total. The van der Waals surface area contributed by atoms with Crippen LogP contribution in [0, 0.1) is 0 Å². The molecule has 1 aliphatic carbocycles. The molecule has 0 amide bonds. The Balaban J connectivity index is 1.34. The van der Waals surface area contributed by atoms with E-state index < -0.39 is 0 Å². The Hall–Kier alpha value is -4.38. The van der Waals surface area contributed by atoms with Gasteiger partial charge in [0.2, 0.25) is 0 Å². The van der Waals surface area contributed by atoms with E-state index in [0.717, 1.165) is 27.6 Å². The summed E-state index contributed by atoms with van der Waals surface area (Å²) in [5, 5.41) is 4.85. The first kappa shape index (κ1) is 24.1. The summed E-state index contributed by atoms with van der Waals surface area (Å²) < 4.78 is 9.08. The maximum Gasteiger partial charge on any atom is 0.159 e. The third kappa shape index (κ3) is 3.17. The molecular formula is C39H25NOS2. The molecule has 0 atom stereocenters. The molecule has 2 aliphatic rings. The zero-order valence-corrected chi connectivity index (χ0v) is 25.3. The van der Waals surface area contributed by atoms with E-state index in [0.29, 0.717) is 0 Å². The molecule has 6 aromatic carbocycles. The minimum absolute atomic E-state index is 0.0840. The van der Waals surface area contributed by atoms with E-state index in [2.05, 4.69) is 128 Å². The van der Waals surface area contributed by atoms with Crippen molar-refractivity contribution in [1.82, 2.24) is 4.57 Å².